The zero-order valence-corrected chi connectivity index (χ0v) is 9.76. The van der Waals surface area contributed by atoms with Gasteiger partial charge in [-0.3, -0.25) is 9.69 Å². The smallest absolute Gasteiger partial charge is 0.307 e. The lowest BCUT2D eigenvalue weighted by molar-refractivity contribution is -0.142. The third-order valence-corrected chi connectivity index (χ3v) is 4.01. The number of fused-ring (bicyclic) bond motifs is 1. The van der Waals surface area contributed by atoms with Gasteiger partial charge in [0.15, 0.2) is 0 Å². The highest BCUT2D eigenvalue weighted by molar-refractivity contribution is 5.71. The first kappa shape index (κ1) is 10.8. The van der Waals surface area contributed by atoms with Crippen LogP contribution in [0.25, 0.3) is 0 Å². The molecule has 0 spiro atoms. The summed E-state index contributed by atoms with van der Waals surface area (Å²) in [5.74, 6) is -0.115. The van der Waals surface area contributed by atoms with Crippen molar-refractivity contribution in [2.45, 2.75) is 31.7 Å². The molecule has 0 radical (unpaired) electrons. The highest BCUT2D eigenvalue weighted by Gasteiger charge is 2.36. The molecule has 2 heterocycles. The predicted molar refractivity (Wildman–Crippen MR) is 61.7 cm³/mol. The van der Waals surface area contributed by atoms with Crippen molar-refractivity contribution in [3.05, 3.63) is 23.7 Å². The molecule has 0 saturated carbocycles. The van der Waals surface area contributed by atoms with Crippen LogP contribution < -0.4 is 0 Å². The average molecular weight is 235 g/mol. The number of carbonyl (C=O) groups is 1. The minimum absolute atomic E-state index is 0.251. The van der Waals surface area contributed by atoms with Crippen molar-refractivity contribution in [3.8, 4) is 0 Å². The molecule has 1 saturated heterocycles. The first-order valence-corrected chi connectivity index (χ1v) is 6.29. The molecule has 0 aromatic carbocycles. The normalized spacial score (nSPS) is 29.2. The third-order valence-electron chi connectivity index (χ3n) is 4.01. The van der Waals surface area contributed by atoms with Crippen molar-refractivity contribution in [2.75, 3.05) is 13.1 Å². The molecule has 1 aromatic heterocycles. The number of hydrogen-bond donors (Lipinski definition) is 1. The topological polar surface area (TPSA) is 53.7 Å². The molecule has 1 N–H and O–H groups in total. The molecule has 17 heavy (non-hydrogen) atoms. The molecular formula is C13H17NO3. The van der Waals surface area contributed by atoms with E-state index < -0.39 is 5.97 Å². The van der Waals surface area contributed by atoms with E-state index in [1.54, 1.807) is 6.26 Å². The first-order valence-electron chi connectivity index (χ1n) is 6.29. The maximum absolute atomic E-state index is 11.2. The second-order valence-corrected chi connectivity index (χ2v) is 5.03. The van der Waals surface area contributed by atoms with Gasteiger partial charge in [0, 0.05) is 18.0 Å². The first-order chi connectivity index (χ1) is 8.25. The van der Waals surface area contributed by atoms with Crippen LogP contribution in [0.15, 0.2) is 16.7 Å². The number of carboxylic acid groups (broad SMARTS) is 1. The summed E-state index contributed by atoms with van der Waals surface area (Å²) in [6, 6.07) is 2.26. The number of nitrogens with zero attached hydrogens (tertiary/aromatic N) is 1. The van der Waals surface area contributed by atoms with Crippen molar-refractivity contribution >= 4 is 5.97 Å². The van der Waals surface area contributed by atoms with Crippen molar-refractivity contribution in [1.82, 2.24) is 4.90 Å². The van der Waals surface area contributed by atoms with Gasteiger partial charge in [-0.1, -0.05) is 0 Å². The van der Waals surface area contributed by atoms with Crippen LogP contribution in [0.4, 0.5) is 0 Å². The second kappa shape index (κ2) is 4.18. The van der Waals surface area contributed by atoms with Crippen LogP contribution >= 0.6 is 0 Å². The molecule has 1 fully saturated rings. The van der Waals surface area contributed by atoms with Gasteiger partial charge in [0.2, 0.25) is 0 Å². The number of aliphatic carboxylic acids is 1. The Balaban J connectivity index is 1.89. The molecule has 1 aliphatic carbocycles. The van der Waals surface area contributed by atoms with Gasteiger partial charge in [0.25, 0.3) is 0 Å². The van der Waals surface area contributed by atoms with E-state index in [0.29, 0.717) is 6.42 Å². The highest BCUT2D eigenvalue weighted by atomic mass is 16.4. The molecule has 1 aromatic rings. The molecule has 2 aliphatic rings. The summed E-state index contributed by atoms with van der Waals surface area (Å²) in [5.41, 5.74) is 1.21. The summed E-state index contributed by atoms with van der Waals surface area (Å²) in [5, 5.41) is 9.20. The van der Waals surface area contributed by atoms with Gasteiger partial charge < -0.3 is 9.52 Å². The highest BCUT2D eigenvalue weighted by Crippen LogP contribution is 2.39. The van der Waals surface area contributed by atoms with E-state index in [1.165, 1.54) is 18.4 Å². The molecule has 4 nitrogen and oxygen atoms in total. The largest absolute Gasteiger partial charge is 0.481 e. The predicted octanol–water partition coefficient (Wildman–Crippen LogP) is 2.06. The Morgan fingerprint density at radius 2 is 2.18 bits per heavy atom. The number of rotatable bonds is 2. The Morgan fingerprint density at radius 1 is 1.41 bits per heavy atom. The van der Waals surface area contributed by atoms with Gasteiger partial charge in [-0.25, -0.2) is 0 Å². The molecule has 0 bridgehead atoms. The van der Waals surface area contributed by atoms with Gasteiger partial charge >= 0.3 is 5.97 Å². The van der Waals surface area contributed by atoms with Crippen LogP contribution in [0.5, 0.6) is 0 Å². The molecule has 3 rings (SSSR count). The molecule has 0 amide bonds. The minimum atomic E-state index is -0.698. The molecule has 1 aliphatic heterocycles. The number of furan rings is 1. The van der Waals surface area contributed by atoms with Gasteiger partial charge in [-0.2, -0.15) is 0 Å². The number of likely N-dealkylation sites (tertiary alicyclic amines) is 1. The van der Waals surface area contributed by atoms with E-state index >= 15 is 0 Å². The van der Waals surface area contributed by atoms with Crippen LogP contribution in [0.1, 0.15) is 36.6 Å². The van der Waals surface area contributed by atoms with Gasteiger partial charge in [-0.15, -0.1) is 0 Å². The third kappa shape index (κ3) is 1.86. The fraction of sp³-hybridized carbons (Fsp3) is 0.615. The van der Waals surface area contributed by atoms with E-state index in [9.17, 15) is 9.90 Å². The molecule has 4 heteroatoms. The Morgan fingerprint density at radius 3 is 2.88 bits per heavy atom. The van der Waals surface area contributed by atoms with Gasteiger partial charge in [0.1, 0.15) is 5.76 Å². The zero-order chi connectivity index (χ0) is 11.8. The van der Waals surface area contributed by atoms with E-state index in [0.717, 1.165) is 25.3 Å². The fourth-order valence-electron chi connectivity index (χ4n) is 3.10. The van der Waals surface area contributed by atoms with E-state index in [2.05, 4.69) is 4.90 Å². The summed E-state index contributed by atoms with van der Waals surface area (Å²) in [6.07, 6.45) is 5.41. The fourth-order valence-corrected chi connectivity index (χ4v) is 3.10. The van der Waals surface area contributed by atoms with Crippen LogP contribution in [0.2, 0.25) is 0 Å². The number of carboxylic acids is 1. The monoisotopic (exact) mass is 235 g/mol. The standard InChI is InChI=1S/C13H17NO3/c15-13(16)9-7-11(14-4-1-2-5-14)10-3-6-17-12(10)8-9/h3,6,9,11H,1-2,4-5,7-8H2,(H,15,16). The molecular weight excluding hydrogens is 218 g/mol. The van der Waals surface area contributed by atoms with Crippen LogP contribution in [0, 0.1) is 5.92 Å². The van der Waals surface area contributed by atoms with Crippen molar-refractivity contribution in [2.24, 2.45) is 5.92 Å². The Hall–Kier alpha value is -1.29. The summed E-state index contributed by atoms with van der Waals surface area (Å²) < 4.78 is 5.44. The molecule has 2 atom stereocenters. The number of hydrogen-bond acceptors (Lipinski definition) is 3. The summed E-state index contributed by atoms with van der Waals surface area (Å²) in [7, 11) is 0. The lowest BCUT2D eigenvalue weighted by Gasteiger charge is -2.33. The van der Waals surface area contributed by atoms with Gasteiger partial charge in [-0.05, 0) is 38.4 Å². The van der Waals surface area contributed by atoms with Crippen molar-refractivity contribution in [1.29, 1.82) is 0 Å². The minimum Gasteiger partial charge on any atom is -0.481 e. The summed E-state index contributed by atoms with van der Waals surface area (Å²) in [6.45, 7) is 2.17. The maximum atomic E-state index is 11.2. The SMILES string of the molecule is O=C(O)C1Cc2occc2C(N2CCCC2)C1. The Kier molecular flexibility index (Phi) is 2.67. The molecule has 2 unspecified atom stereocenters. The van der Waals surface area contributed by atoms with E-state index in [1.807, 2.05) is 6.07 Å². The van der Waals surface area contributed by atoms with Crippen molar-refractivity contribution < 1.29 is 14.3 Å². The lowest BCUT2D eigenvalue weighted by Crippen LogP contribution is -2.33. The Bertz CT molecular complexity index is 420. The quantitative estimate of drug-likeness (QED) is 0.852. The van der Waals surface area contributed by atoms with Gasteiger partial charge in [0.05, 0.1) is 12.2 Å². The molecule has 92 valence electrons. The second-order valence-electron chi connectivity index (χ2n) is 5.03. The van der Waals surface area contributed by atoms with Crippen molar-refractivity contribution in [3.63, 3.8) is 0 Å². The lowest BCUT2D eigenvalue weighted by atomic mass is 9.84. The van der Waals surface area contributed by atoms with Crippen LogP contribution in [-0.4, -0.2) is 29.1 Å². The summed E-state index contributed by atoms with van der Waals surface area (Å²) in [4.78, 5) is 13.6. The van der Waals surface area contributed by atoms with E-state index in [4.69, 9.17) is 4.42 Å². The summed E-state index contributed by atoms with van der Waals surface area (Å²) >= 11 is 0. The van der Waals surface area contributed by atoms with Crippen LogP contribution in [-0.2, 0) is 11.2 Å². The van der Waals surface area contributed by atoms with Crippen LogP contribution in [0.3, 0.4) is 0 Å². The average Bonchev–Trinajstić information content (AvgIpc) is 2.98. The Labute approximate surface area is 100 Å². The zero-order valence-electron chi connectivity index (χ0n) is 9.76. The maximum Gasteiger partial charge on any atom is 0.307 e. The van der Waals surface area contributed by atoms with E-state index in [-0.39, 0.29) is 12.0 Å².